The maximum absolute atomic E-state index is 6.23. The summed E-state index contributed by atoms with van der Waals surface area (Å²) in [6.45, 7) is 5.17. The Hall–Kier alpha value is -2.35. The summed E-state index contributed by atoms with van der Waals surface area (Å²) in [5, 5.41) is 13.3. The predicted molar refractivity (Wildman–Crippen MR) is 123 cm³/mol. The highest BCUT2D eigenvalue weighted by molar-refractivity contribution is 7.98. The maximum atomic E-state index is 6.23. The van der Waals surface area contributed by atoms with Crippen molar-refractivity contribution in [3.8, 4) is 16.3 Å². The van der Waals surface area contributed by atoms with Crippen molar-refractivity contribution in [2.75, 3.05) is 0 Å². The molecule has 0 fully saturated rings. The topological polar surface area (TPSA) is 52.8 Å². The van der Waals surface area contributed by atoms with Gasteiger partial charge < -0.3 is 9.30 Å². The molecular formula is C22H21ClN4OS2. The van der Waals surface area contributed by atoms with Crippen LogP contribution in [0.5, 0.6) is 5.75 Å². The van der Waals surface area contributed by atoms with Gasteiger partial charge in [-0.15, -0.1) is 21.5 Å². The molecule has 0 saturated heterocycles. The second kappa shape index (κ2) is 9.64. The number of hydrogen-bond acceptors (Lipinski definition) is 6. The molecule has 4 rings (SSSR count). The zero-order valence-electron chi connectivity index (χ0n) is 16.7. The number of aryl methyl sites for hydroxylation is 1. The Kier molecular flexibility index (Phi) is 6.72. The first-order valence-corrected chi connectivity index (χ1v) is 11.8. The number of thioether (sulfide) groups is 1. The minimum atomic E-state index is 0.319. The highest BCUT2D eigenvalue weighted by Gasteiger charge is 2.14. The summed E-state index contributed by atoms with van der Waals surface area (Å²) in [4.78, 5) is 4.75. The van der Waals surface area contributed by atoms with Gasteiger partial charge in [-0.2, -0.15) is 0 Å². The van der Waals surface area contributed by atoms with Crippen LogP contribution in [0, 0.1) is 6.92 Å². The van der Waals surface area contributed by atoms with Gasteiger partial charge in [0.1, 0.15) is 17.4 Å². The van der Waals surface area contributed by atoms with Crippen LogP contribution < -0.4 is 4.74 Å². The van der Waals surface area contributed by atoms with Gasteiger partial charge in [0.2, 0.25) is 0 Å². The summed E-state index contributed by atoms with van der Waals surface area (Å²) in [5.74, 6) is 2.18. The molecule has 0 atom stereocenters. The number of aromatic nitrogens is 4. The molecule has 0 spiro atoms. The van der Waals surface area contributed by atoms with Crippen molar-refractivity contribution in [3.63, 3.8) is 0 Å². The smallest absolute Gasteiger partial charge is 0.191 e. The summed E-state index contributed by atoms with van der Waals surface area (Å²) in [6.07, 6.45) is 0. The molecule has 0 saturated carbocycles. The number of nitrogens with zero attached hydrogens (tertiary/aromatic N) is 4. The van der Waals surface area contributed by atoms with E-state index in [1.165, 1.54) is 0 Å². The van der Waals surface area contributed by atoms with Crippen LogP contribution in [-0.2, 0) is 18.9 Å². The summed E-state index contributed by atoms with van der Waals surface area (Å²) < 4.78 is 7.97. The van der Waals surface area contributed by atoms with E-state index >= 15 is 0 Å². The first-order chi connectivity index (χ1) is 14.6. The van der Waals surface area contributed by atoms with Crippen molar-refractivity contribution < 1.29 is 4.74 Å². The summed E-state index contributed by atoms with van der Waals surface area (Å²) in [6, 6.07) is 16.0. The Morgan fingerprint density at radius 2 is 1.97 bits per heavy atom. The minimum absolute atomic E-state index is 0.319. The standard InChI is InChI=1S/C22H21ClN4OS2/c1-3-27-20(12-28-19-11-15(2)9-10-18(19)23)25-26-22(27)30-14-17-13-29-21(24-17)16-7-5-4-6-8-16/h4-11,13H,3,12,14H2,1-2H3. The van der Waals surface area contributed by atoms with Gasteiger partial charge in [-0.25, -0.2) is 4.98 Å². The maximum Gasteiger partial charge on any atom is 0.191 e. The fourth-order valence-electron chi connectivity index (χ4n) is 2.94. The quantitative estimate of drug-likeness (QED) is 0.293. The SMILES string of the molecule is CCn1c(COc2cc(C)ccc2Cl)nnc1SCc1csc(-c2ccccc2)n1. The summed E-state index contributed by atoms with van der Waals surface area (Å²) >= 11 is 9.52. The Morgan fingerprint density at radius 3 is 2.77 bits per heavy atom. The van der Waals surface area contributed by atoms with E-state index in [2.05, 4.69) is 39.2 Å². The van der Waals surface area contributed by atoms with Gasteiger partial charge in [-0.1, -0.05) is 59.8 Å². The summed E-state index contributed by atoms with van der Waals surface area (Å²) in [7, 11) is 0. The second-order valence-electron chi connectivity index (χ2n) is 6.66. The van der Waals surface area contributed by atoms with Crippen LogP contribution in [0.3, 0.4) is 0 Å². The predicted octanol–water partition coefficient (Wildman–Crippen LogP) is 6.25. The highest BCUT2D eigenvalue weighted by Crippen LogP contribution is 2.29. The lowest BCUT2D eigenvalue weighted by molar-refractivity contribution is 0.288. The normalized spacial score (nSPS) is 11.0. The van der Waals surface area contributed by atoms with Gasteiger partial charge in [-0.3, -0.25) is 0 Å². The van der Waals surface area contributed by atoms with Crippen LogP contribution in [0.2, 0.25) is 5.02 Å². The number of hydrogen-bond donors (Lipinski definition) is 0. The molecule has 5 nitrogen and oxygen atoms in total. The van der Waals surface area contributed by atoms with E-state index < -0.39 is 0 Å². The minimum Gasteiger partial charge on any atom is -0.484 e. The van der Waals surface area contributed by atoms with Crippen molar-refractivity contribution in [1.82, 2.24) is 19.7 Å². The Balaban J connectivity index is 1.41. The molecular weight excluding hydrogens is 436 g/mol. The van der Waals surface area contributed by atoms with E-state index in [1.54, 1.807) is 23.1 Å². The zero-order chi connectivity index (χ0) is 20.9. The molecule has 4 aromatic rings. The molecule has 0 N–H and O–H groups in total. The number of ether oxygens (including phenoxy) is 1. The molecule has 2 aromatic heterocycles. The Labute approximate surface area is 189 Å². The van der Waals surface area contributed by atoms with Crippen LogP contribution in [0.15, 0.2) is 59.1 Å². The van der Waals surface area contributed by atoms with E-state index in [9.17, 15) is 0 Å². The number of rotatable bonds is 8. The average Bonchev–Trinajstić information content (AvgIpc) is 3.40. The van der Waals surface area contributed by atoms with Crippen molar-refractivity contribution >= 4 is 34.7 Å². The van der Waals surface area contributed by atoms with E-state index in [4.69, 9.17) is 21.3 Å². The molecule has 0 radical (unpaired) electrons. The molecule has 0 amide bonds. The largest absolute Gasteiger partial charge is 0.484 e. The van der Waals surface area contributed by atoms with Gasteiger partial charge in [-0.05, 0) is 31.5 Å². The van der Waals surface area contributed by atoms with E-state index in [0.717, 1.165) is 45.1 Å². The van der Waals surface area contributed by atoms with Gasteiger partial charge in [0.25, 0.3) is 0 Å². The fraction of sp³-hybridized carbons (Fsp3) is 0.227. The van der Waals surface area contributed by atoms with Crippen molar-refractivity contribution in [1.29, 1.82) is 0 Å². The molecule has 0 aliphatic carbocycles. The van der Waals surface area contributed by atoms with Gasteiger partial charge >= 0.3 is 0 Å². The van der Waals surface area contributed by atoms with Crippen LogP contribution in [0.25, 0.3) is 10.6 Å². The molecule has 0 unspecified atom stereocenters. The van der Waals surface area contributed by atoms with Gasteiger partial charge in [0, 0.05) is 23.2 Å². The third-order valence-corrected chi connectivity index (χ3v) is 6.73. The molecule has 8 heteroatoms. The molecule has 2 heterocycles. The first kappa shape index (κ1) is 20.9. The van der Waals surface area contributed by atoms with Gasteiger partial charge in [0.15, 0.2) is 11.0 Å². The van der Waals surface area contributed by atoms with Crippen molar-refractivity contribution in [2.45, 2.75) is 37.9 Å². The lowest BCUT2D eigenvalue weighted by Gasteiger charge is -2.10. The average molecular weight is 457 g/mol. The van der Waals surface area contributed by atoms with Crippen LogP contribution >= 0.6 is 34.7 Å². The molecule has 0 bridgehead atoms. The molecule has 0 aliphatic heterocycles. The highest BCUT2D eigenvalue weighted by atomic mass is 35.5. The van der Waals surface area contributed by atoms with Crippen molar-refractivity contribution in [3.05, 3.63) is 76.0 Å². The van der Waals surface area contributed by atoms with Crippen LogP contribution in [0.4, 0.5) is 0 Å². The van der Waals surface area contributed by atoms with E-state index in [-0.39, 0.29) is 0 Å². The first-order valence-electron chi connectivity index (χ1n) is 9.57. The Bertz CT molecular complexity index is 1130. The lowest BCUT2D eigenvalue weighted by Crippen LogP contribution is -2.07. The third-order valence-electron chi connectivity index (χ3n) is 4.47. The van der Waals surface area contributed by atoms with Crippen LogP contribution in [0.1, 0.15) is 24.0 Å². The van der Waals surface area contributed by atoms with Crippen LogP contribution in [-0.4, -0.2) is 19.7 Å². The Morgan fingerprint density at radius 1 is 1.13 bits per heavy atom. The van der Waals surface area contributed by atoms with Gasteiger partial charge in [0.05, 0.1) is 10.7 Å². The van der Waals surface area contributed by atoms with E-state index in [0.29, 0.717) is 17.4 Å². The second-order valence-corrected chi connectivity index (χ2v) is 8.87. The molecule has 2 aromatic carbocycles. The lowest BCUT2D eigenvalue weighted by atomic mass is 10.2. The number of thiazole rings is 1. The number of benzene rings is 2. The summed E-state index contributed by atoms with van der Waals surface area (Å²) in [5.41, 5.74) is 3.28. The zero-order valence-corrected chi connectivity index (χ0v) is 19.1. The fourth-order valence-corrected chi connectivity index (χ4v) is 4.96. The molecule has 0 aliphatic rings. The number of halogens is 1. The molecule has 154 valence electrons. The van der Waals surface area contributed by atoms with E-state index in [1.807, 2.05) is 43.3 Å². The van der Waals surface area contributed by atoms with Crippen molar-refractivity contribution in [2.24, 2.45) is 0 Å². The monoisotopic (exact) mass is 456 g/mol. The third kappa shape index (κ3) is 4.86. The molecule has 30 heavy (non-hydrogen) atoms.